The van der Waals surface area contributed by atoms with Crippen LogP contribution in [-0.4, -0.2) is 47.8 Å². The van der Waals surface area contributed by atoms with E-state index in [1.807, 2.05) is 18.2 Å². The highest BCUT2D eigenvalue weighted by molar-refractivity contribution is 5.73. The molecule has 3 N–H and O–H groups in total. The van der Waals surface area contributed by atoms with Crippen LogP contribution in [0.3, 0.4) is 0 Å². The maximum absolute atomic E-state index is 11.8. The Hall–Kier alpha value is -1.59. The number of β-amino-alcohol motifs (C(OH)–C–C–N with tert-alkyl or cyclic N) is 1. The Morgan fingerprint density at radius 3 is 2.74 bits per heavy atom. The summed E-state index contributed by atoms with van der Waals surface area (Å²) < 4.78 is 0. The summed E-state index contributed by atoms with van der Waals surface area (Å²) >= 11 is 0. The molecule has 0 radical (unpaired) electrons. The molecule has 2 amide bonds. The highest BCUT2D eigenvalue weighted by Crippen LogP contribution is 2.31. The quantitative estimate of drug-likeness (QED) is 0.717. The molecular weight excluding hydrogens is 290 g/mol. The van der Waals surface area contributed by atoms with Gasteiger partial charge in [0.1, 0.15) is 0 Å². The molecule has 23 heavy (non-hydrogen) atoms. The van der Waals surface area contributed by atoms with E-state index < -0.39 is 0 Å². The van der Waals surface area contributed by atoms with Crippen molar-refractivity contribution in [1.29, 1.82) is 0 Å². The van der Waals surface area contributed by atoms with Gasteiger partial charge in [0.2, 0.25) is 0 Å². The highest BCUT2D eigenvalue weighted by atomic mass is 16.3. The van der Waals surface area contributed by atoms with Gasteiger partial charge in [0, 0.05) is 32.2 Å². The van der Waals surface area contributed by atoms with E-state index in [1.165, 1.54) is 18.4 Å². The van der Waals surface area contributed by atoms with Crippen LogP contribution in [-0.2, 0) is 6.54 Å². The minimum Gasteiger partial charge on any atom is -0.392 e. The summed E-state index contributed by atoms with van der Waals surface area (Å²) in [6, 6.07) is 10.4. The fourth-order valence-corrected chi connectivity index (χ4v) is 3.25. The van der Waals surface area contributed by atoms with Crippen LogP contribution in [0.25, 0.3) is 0 Å². The fourth-order valence-electron chi connectivity index (χ4n) is 3.25. The van der Waals surface area contributed by atoms with Gasteiger partial charge in [-0.2, -0.15) is 0 Å². The number of likely N-dealkylation sites (tertiary alicyclic amines) is 1. The lowest BCUT2D eigenvalue weighted by molar-refractivity contribution is 0.172. The lowest BCUT2D eigenvalue weighted by atomic mass is 10.1. The van der Waals surface area contributed by atoms with Crippen molar-refractivity contribution in [3.8, 4) is 0 Å². The third-order valence-corrected chi connectivity index (χ3v) is 4.77. The number of nitrogens with zero attached hydrogens (tertiary/aromatic N) is 1. The van der Waals surface area contributed by atoms with Gasteiger partial charge in [-0.15, -0.1) is 0 Å². The molecule has 2 aliphatic rings. The normalized spacial score (nSPS) is 24.6. The summed E-state index contributed by atoms with van der Waals surface area (Å²) in [5.41, 5.74) is 1.24. The van der Waals surface area contributed by atoms with Crippen LogP contribution in [0.15, 0.2) is 30.3 Å². The molecule has 1 heterocycles. The standard InChI is InChI=1S/C18H27N3O2/c22-17-10-16(11-20-18(23)19-9-8-14-6-7-14)21(13-17)12-15-4-2-1-3-5-15/h1-5,14,16-17,22H,6-13H2,(H2,19,20,23). The molecule has 0 aromatic heterocycles. The second-order valence-corrected chi connectivity index (χ2v) is 6.83. The molecule has 5 heteroatoms. The number of nitrogens with one attached hydrogen (secondary N) is 2. The maximum Gasteiger partial charge on any atom is 0.314 e. The molecule has 3 rings (SSSR count). The zero-order valence-corrected chi connectivity index (χ0v) is 13.6. The third kappa shape index (κ3) is 5.22. The molecule has 126 valence electrons. The number of benzene rings is 1. The largest absolute Gasteiger partial charge is 0.392 e. The van der Waals surface area contributed by atoms with Gasteiger partial charge < -0.3 is 15.7 Å². The Labute approximate surface area is 138 Å². The second kappa shape index (κ2) is 7.79. The molecule has 1 aromatic carbocycles. The maximum atomic E-state index is 11.8. The Morgan fingerprint density at radius 2 is 2.00 bits per heavy atom. The van der Waals surface area contributed by atoms with E-state index in [-0.39, 0.29) is 18.2 Å². The van der Waals surface area contributed by atoms with E-state index >= 15 is 0 Å². The third-order valence-electron chi connectivity index (χ3n) is 4.77. The van der Waals surface area contributed by atoms with Crippen LogP contribution in [0.4, 0.5) is 4.79 Å². The van der Waals surface area contributed by atoms with Gasteiger partial charge in [-0.1, -0.05) is 43.2 Å². The number of carbonyl (C=O) groups excluding carboxylic acids is 1. The molecule has 0 spiro atoms. The first-order valence-corrected chi connectivity index (χ1v) is 8.68. The van der Waals surface area contributed by atoms with Gasteiger partial charge in [0.25, 0.3) is 0 Å². The molecule has 1 saturated carbocycles. The Kier molecular flexibility index (Phi) is 5.51. The van der Waals surface area contributed by atoms with Crippen LogP contribution < -0.4 is 10.6 Å². The van der Waals surface area contributed by atoms with Crippen molar-refractivity contribution in [1.82, 2.24) is 15.5 Å². The highest BCUT2D eigenvalue weighted by Gasteiger charge is 2.31. The summed E-state index contributed by atoms with van der Waals surface area (Å²) in [7, 11) is 0. The number of carbonyl (C=O) groups is 1. The minimum absolute atomic E-state index is 0.0910. The molecule has 1 saturated heterocycles. The van der Waals surface area contributed by atoms with Crippen LogP contribution in [0.1, 0.15) is 31.2 Å². The summed E-state index contributed by atoms with van der Waals surface area (Å²) in [4.78, 5) is 14.1. The number of urea groups is 1. The Balaban J connectivity index is 1.42. The van der Waals surface area contributed by atoms with Gasteiger partial charge in [-0.25, -0.2) is 4.79 Å². The number of hydrogen-bond acceptors (Lipinski definition) is 3. The molecule has 2 unspecified atom stereocenters. The van der Waals surface area contributed by atoms with Crippen molar-refractivity contribution >= 4 is 6.03 Å². The molecule has 1 aliphatic heterocycles. The van der Waals surface area contributed by atoms with Gasteiger partial charge in [-0.05, 0) is 24.3 Å². The van der Waals surface area contributed by atoms with Gasteiger partial charge in [-0.3, -0.25) is 4.90 Å². The molecule has 5 nitrogen and oxygen atoms in total. The van der Waals surface area contributed by atoms with Gasteiger partial charge >= 0.3 is 6.03 Å². The number of hydrogen-bond donors (Lipinski definition) is 3. The van der Waals surface area contributed by atoms with Crippen LogP contribution in [0.2, 0.25) is 0 Å². The predicted octanol–water partition coefficient (Wildman–Crippen LogP) is 1.72. The van der Waals surface area contributed by atoms with Crippen molar-refractivity contribution in [2.75, 3.05) is 19.6 Å². The SMILES string of the molecule is O=C(NCCC1CC1)NCC1CC(O)CN1Cc1ccccc1. The smallest absolute Gasteiger partial charge is 0.314 e. The van der Waals surface area contributed by atoms with Crippen LogP contribution >= 0.6 is 0 Å². The predicted molar refractivity (Wildman–Crippen MR) is 90.0 cm³/mol. The Morgan fingerprint density at radius 1 is 1.22 bits per heavy atom. The average molecular weight is 317 g/mol. The lowest BCUT2D eigenvalue weighted by Gasteiger charge is -2.24. The molecule has 2 atom stereocenters. The first kappa shape index (κ1) is 16.3. The molecule has 1 aromatic rings. The average Bonchev–Trinajstić information content (AvgIpc) is 3.30. The van der Waals surface area contributed by atoms with Crippen LogP contribution in [0, 0.1) is 5.92 Å². The summed E-state index contributed by atoms with van der Waals surface area (Å²) in [6.07, 6.45) is 4.14. The second-order valence-electron chi connectivity index (χ2n) is 6.83. The van der Waals surface area contributed by atoms with E-state index in [0.717, 1.165) is 31.8 Å². The minimum atomic E-state index is -0.302. The summed E-state index contributed by atoms with van der Waals surface area (Å²) in [6.45, 7) is 2.83. The van der Waals surface area contributed by atoms with Crippen molar-refractivity contribution in [2.45, 2.75) is 44.4 Å². The monoisotopic (exact) mass is 317 g/mol. The lowest BCUT2D eigenvalue weighted by Crippen LogP contribution is -2.44. The zero-order chi connectivity index (χ0) is 16.1. The number of aliphatic hydroxyl groups is 1. The number of rotatable bonds is 7. The van der Waals surface area contributed by atoms with Crippen molar-refractivity contribution in [3.05, 3.63) is 35.9 Å². The van der Waals surface area contributed by atoms with Gasteiger partial charge in [0.15, 0.2) is 0 Å². The summed E-state index contributed by atoms with van der Waals surface area (Å²) in [5, 5.41) is 15.8. The number of aliphatic hydroxyl groups excluding tert-OH is 1. The van der Waals surface area contributed by atoms with Crippen LogP contribution in [0.5, 0.6) is 0 Å². The zero-order valence-electron chi connectivity index (χ0n) is 13.6. The van der Waals surface area contributed by atoms with Crippen molar-refractivity contribution in [2.24, 2.45) is 5.92 Å². The van der Waals surface area contributed by atoms with E-state index in [0.29, 0.717) is 13.1 Å². The topological polar surface area (TPSA) is 64.6 Å². The molecule has 1 aliphatic carbocycles. The van der Waals surface area contributed by atoms with E-state index in [4.69, 9.17) is 0 Å². The van der Waals surface area contributed by atoms with E-state index in [2.05, 4.69) is 27.7 Å². The Bertz CT molecular complexity index is 504. The number of amides is 2. The van der Waals surface area contributed by atoms with Gasteiger partial charge in [0.05, 0.1) is 6.10 Å². The van der Waals surface area contributed by atoms with Crippen molar-refractivity contribution in [3.63, 3.8) is 0 Å². The van der Waals surface area contributed by atoms with E-state index in [9.17, 15) is 9.90 Å². The summed E-state index contributed by atoms with van der Waals surface area (Å²) in [5.74, 6) is 0.835. The molecule has 0 bridgehead atoms. The first-order valence-electron chi connectivity index (χ1n) is 8.68. The molecule has 2 fully saturated rings. The van der Waals surface area contributed by atoms with Crippen molar-refractivity contribution < 1.29 is 9.90 Å². The first-order chi connectivity index (χ1) is 11.2. The fraction of sp³-hybridized carbons (Fsp3) is 0.611. The van der Waals surface area contributed by atoms with E-state index in [1.54, 1.807) is 0 Å². The molecular formula is C18H27N3O2.